The summed E-state index contributed by atoms with van der Waals surface area (Å²) in [7, 11) is 1.15. The lowest BCUT2D eigenvalue weighted by molar-refractivity contribution is -0.150. The fraction of sp³-hybridized carbons (Fsp3) is 0.375. The van der Waals surface area contributed by atoms with Crippen LogP contribution in [0.3, 0.4) is 0 Å². The summed E-state index contributed by atoms with van der Waals surface area (Å²) < 4.78 is 4.25. The Hall–Kier alpha value is -1.43. The maximum Gasteiger partial charge on any atom is 0.396 e. The summed E-state index contributed by atoms with van der Waals surface area (Å²) >= 11 is 1.32. The third-order valence-corrected chi connectivity index (χ3v) is 2.61. The Morgan fingerprint density at radius 2 is 2.07 bits per heavy atom. The average molecular weight is 214 g/mol. The number of methoxy groups -OCH3 is 1. The molecule has 0 atom stereocenters. The molecule has 0 aliphatic rings. The van der Waals surface area contributed by atoms with Gasteiger partial charge in [0.05, 0.1) is 12.8 Å². The number of aryl methyl sites for hydroxylation is 2. The van der Waals surface area contributed by atoms with Gasteiger partial charge in [-0.05, 0) is 13.8 Å². The van der Waals surface area contributed by atoms with E-state index in [1.807, 2.05) is 13.8 Å². The lowest BCUT2D eigenvalue weighted by Gasteiger charge is -1.97. The molecule has 0 bridgehead atoms. The summed E-state index contributed by atoms with van der Waals surface area (Å²) in [6, 6.07) is 0. The first-order valence-corrected chi connectivity index (χ1v) is 4.69. The van der Waals surface area contributed by atoms with Crippen LogP contribution in [0, 0.1) is 13.8 Å². The van der Waals surface area contributed by atoms with Crippen LogP contribution in [0.15, 0.2) is 0 Å². The largest absolute Gasteiger partial charge is 0.462 e. The van der Waals surface area contributed by atoms with Gasteiger partial charge in [-0.3, -0.25) is 10.1 Å². The summed E-state index contributed by atoms with van der Waals surface area (Å²) in [5.41, 5.74) is 0.843. The highest BCUT2D eigenvalue weighted by atomic mass is 32.1. The Kier molecular flexibility index (Phi) is 3.19. The van der Waals surface area contributed by atoms with Gasteiger partial charge in [0.1, 0.15) is 0 Å². The Morgan fingerprint density at radius 3 is 2.50 bits per heavy atom. The van der Waals surface area contributed by atoms with E-state index in [1.54, 1.807) is 0 Å². The molecule has 0 fully saturated rings. The smallest absolute Gasteiger partial charge is 0.396 e. The van der Waals surface area contributed by atoms with Gasteiger partial charge in [0.25, 0.3) is 0 Å². The van der Waals surface area contributed by atoms with Gasteiger partial charge in [0.15, 0.2) is 5.13 Å². The van der Waals surface area contributed by atoms with Crippen molar-refractivity contribution in [3.8, 4) is 0 Å². The predicted molar refractivity (Wildman–Crippen MR) is 52.2 cm³/mol. The van der Waals surface area contributed by atoms with Crippen molar-refractivity contribution in [3.05, 3.63) is 10.6 Å². The molecule has 1 N–H and O–H groups in total. The van der Waals surface area contributed by atoms with E-state index in [0.29, 0.717) is 5.13 Å². The number of aromatic nitrogens is 1. The third kappa shape index (κ3) is 2.29. The minimum absolute atomic E-state index is 0.412. The molecule has 1 amide bonds. The summed E-state index contributed by atoms with van der Waals surface area (Å²) in [6.45, 7) is 3.72. The molecular formula is C8H10N2O3S. The third-order valence-electron chi connectivity index (χ3n) is 1.62. The van der Waals surface area contributed by atoms with Gasteiger partial charge in [0, 0.05) is 4.88 Å². The highest BCUT2D eigenvalue weighted by Gasteiger charge is 2.15. The van der Waals surface area contributed by atoms with E-state index in [1.165, 1.54) is 11.3 Å². The molecule has 0 spiro atoms. The first kappa shape index (κ1) is 10.6. The van der Waals surface area contributed by atoms with E-state index < -0.39 is 11.9 Å². The molecule has 14 heavy (non-hydrogen) atoms. The van der Waals surface area contributed by atoms with Crippen molar-refractivity contribution in [1.82, 2.24) is 4.98 Å². The van der Waals surface area contributed by atoms with E-state index >= 15 is 0 Å². The van der Waals surface area contributed by atoms with E-state index in [-0.39, 0.29) is 0 Å². The molecule has 1 aromatic heterocycles. The molecule has 76 valence electrons. The number of esters is 1. The molecular weight excluding hydrogens is 204 g/mol. The van der Waals surface area contributed by atoms with E-state index in [0.717, 1.165) is 17.7 Å². The van der Waals surface area contributed by atoms with Gasteiger partial charge < -0.3 is 4.74 Å². The number of nitrogens with one attached hydrogen (secondary N) is 1. The maximum absolute atomic E-state index is 11.0. The van der Waals surface area contributed by atoms with Crippen LogP contribution < -0.4 is 5.32 Å². The highest BCUT2D eigenvalue weighted by Crippen LogP contribution is 2.20. The standard InChI is InChI=1S/C8H10N2O3S/c1-4-5(2)14-8(9-4)10-6(11)7(12)13-3/h1-3H3,(H,9,10,11). The molecule has 0 saturated heterocycles. The zero-order chi connectivity index (χ0) is 10.7. The lowest BCUT2D eigenvalue weighted by Crippen LogP contribution is -2.23. The molecule has 0 radical (unpaired) electrons. The minimum atomic E-state index is -0.921. The van der Waals surface area contributed by atoms with Crippen LogP contribution in [-0.4, -0.2) is 24.0 Å². The van der Waals surface area contributed by atoms with Gasteiger partial charge >= 0.3 is 11.9 Å². The van der Waals surface area contributed by atoms with E-state index in [9.17, 15) is 9.59 Å². The van der Waals surface area contributed by atoms with Crippen molar-refractivity contribution >= 4 is 28.3 Å². The number of hydrogen-bond donors (Lipinski definition) is 1. The zero-order valence-corrected chi connectivity index (χ0v) is 8.90. The Bertz CT molecular complexity index is 353. The fourth-order valence-electron chi connectivity index (χ4n) is 0.767. The normalized spacial score (nSPS) is 9.64. The lowest BCUT2D eigenvalue weighted by atomic mass is 10.4. The Morgan fingerprint density at radius 1 is 1.43 bits per heavy atom. The summed E-state index contributed by atoms with van der Waals surface area (Å²) in [4.78, 5) is 26.8. The van der Waals surface area contributed by atoms with Gasteiger partial charge in [-0.1, -0.05) is 0 Å². The zero-order valence-electron chi connectivity index (χ0n) is 8.08. The number of carbonyl (C=O) groups excluding carboxylic acids is 2. The van der Waals surface area contributed by atoms with Crippen molar-refractivity contribution < 1.29 is 14.3 Å². The maximum atomic E-state index is 11.0. The van der Waals surface area contributed by atoms with E-state index in [4.69, 9.17) is 0 Å². The number of ether oxygens (including phenoxy) is 1. The Labute approximate surface area is 85.1 Å². The van der Waals surface area contributed by atoms with Crippen LogP contribution in [0.4, 0.5) is 5.13 Å². The average Bonchev–Trinajstić information content (AvgIpc) is 2.44. The van der Waals surface area contributed by atoms with Crippen molar-refractivity contribution in [2.45, 2.75) is 13.8 Å². The second kappa shape index (κ2) is 4.19. The van der Waals surface area contributed by atoms with Crippen molar-refractivity contribution in [1.29, 1.82) is 0 Å². The number of nitrogens with zero attached hydrogens (tertiary/aromatic N) is 1. The van der Waals surface area contributed by atoms with Crippen LogP contribution >= 0.6 is 11.3 Å². The van der Waals surface area contributed by atoms with Crippen LogP contribution in [0.2, 0.25) is 0 Å². The van der Waals surface area contributed by atoms with E-state index in [2.05, 4.69) is 15.0 Å². The van der Waals surface area contributed by atoms with Crippen molar-refractivity contribution in [2.24, 2.45) is 0 Å². The minimum Gasteiger partial charge on any atom is -0.462 e. The Balaban J connectivity index is 2.70. The van der Waals surface area contributed by atoms with Gasteiger partial charge in [0.2, 0.25) is 0 Å². The monoisotopic (exact) mass is 214 g/mol. The number of carbonyl (C=O) groups is 2. The topological polar surface area (TPSA) is 68.3 Å². The number of thiazole rings is 1. The number of anilines is 1. The number of rotatable bonds is 1. The first-order chi connectivity index (χ1) is 6.54. The van der Waals surface area contributed by atoms with Crippen LogP contribution in [0.5, 0.6) is 0 Å². The predicted octanol–water partition coefficient (Wildman–Crippen LogP) is 0.871. The molecule has 0 aliphatic heterocycles. The van der Waals surface area contributed by atoms with Crippen LogP contribution in [-0.2, 0) is 14.3 Å². The molecule has 0 aliphatic carbocycles. The van der Waals surface area contributed by atoms with Crippen LogP contribution in [0.1, 0.15) is 10.6 Å². The summed E-state index contributed by atoms with van der Waals surface area (Å²) in [6.07, 6.45) is 0. The number of amides is 1. The van der Waals surface area contributed by atoms with Gasteiger partial charge in [-0.25, -0.2) is 9.78 Å². The molecule has 0 unspecified atom stereocenters. The first-order valence-electron chi connectivity index (χ1n) is 3.88. The molecule has 0 saturated carbocycles. The second-order valence-corrected chi connectivity index (χ2v) is 3.81. The van der Waals surface area contributed by atoms with Gasteiger partial charge in [-0.15, -0.1) is 11.3 Å². The molecule has 5 nitrogen and oxygen atoms in total. The molecule has 1 heterocycles. The van der Waals surface area contributed by atoms with Crippen LogP contribution in [0.25, 0.3) is 0 Å². The summed E-state index contributed by atoms with van der Waals surface area (Å²) in [5.74, 6) is -1.73. The number of hydrogen-bond acceptors (Lipinski definition) is 5. The fourth-order valence-corrected chi connectivity index (χ4v) is 1.58. The van der Waals surface area contributed by atoms with Crippen molar-refractivity contribution in [2.75, 3.05) is 12.4 Å². The SMILES string of the molecule is COC(=O)C(=O)Nc1nc(C)c(C)s1. The second-order valence-electron chi connectivity index (χ2n) is 2.61. The van der Waals surface area contributed by atoms with Gasteiger partial charge in [-0.2, -0.15) is 0 Å². The highest BCUT2D eigenvalue weighted by molar-refractivity contribution is 7.15. The quantitative estimate of drug-likeness (QED) is 0.556. The molecule has 1 rings (SSSR count). The molecule has 6 heteroatoms. The van der Waals surface area contributed by atoms with Crippen molar-refractivity contribution in [3.63, 3.8) is 0 Å². The summed E-state index contributed by atoms with van der Waals surface area (Å²) in [5, 5.41) is 2.76. The molecule has 1 aromatic rings. The molecule has 0 aromatic carbocycles.